The summed E-state index contributed by atoms with van der Waals surface area (Å²) >= 11 is 7.99. The number of nitrogens with zero attached hydrogens (tertiary/aromatic N) is 2. The SMILES string of the molecule is CCCN1C(=O)COc2ccc(-c3csc(NS(=O)(=O)c4ccc(Cl)s4)n3)cc21. The van der Waals surface area contributed by atoms with Crippen LogP contribution in [0.15, 0.2) is 39.9 Å². The summed E-state index contributed by atoms with van der Waals surface area (Å²) in [6, 6.07) is 8.47. The summed E-state index contributed by atoms with van der Waals surface area (Å²) in [5.74, 6) is 0.561. The van der Waals surface area contributed by atoms with E-state index in [-0.39, 0.29) is 21.9 Å². The van der Waals surface area contributed by atoms with E-state index < -0.39 is 10.0 Å². The number of thiazole rings is 1. The van der Waals surface area contributed by atoms with Crippen molar-refractivity contribution in [2.24, 2.45) is 0 Å². The van der Waals surface area contributed by atoms with E-state index in [0.29, 0.717) is 28.0 Å². The molecule has 11 heteroatoms. The lowest BCUT2D eigenvalue weighted by atomic mass is 10.1. The lowest BCUT2D eigenvalue weighted by Gasteiger charge is -2.29. The summed E-state index contributed by atoms with van der Waals surface area (Å²) in [5.41, 5.74) is 2.07. The number of anilines is 2. The molecule has 2 aromatic heterocycles. The second kappa shape index (κ2) is 7.94. The van der Waals surface area contributed by atoms with Gasteiger partial charge in [0, 0.05) is 17.5 Å². The Morgan fingerprint density at radius 3 is 2.86 bits per heavy atom. The number of benzene rings is 1. The van der Waals surface area contributed by atoms with E-state index in [1.807, 2.05) is 19.1 Å². The van der Waals surface area contributed by atoms with Crippen LogP contribution in [0.1, 0.15) is 13.3 Å². The molecule has 0 bridgehead atoms. The monoisotopic (exact) mass is 469 g/mol. The first-order valence-corrected chi connectivity index (χ1v) is 12.2. The molecule has 0 fully saturated rings. The number of halogens is 1. The van der Waals surface area contributed by atoms with Gasteiger partial charge in [-0.1, -0.05) is 18.5 Å². The van der Waals surface area contributed by atoms with Crippen molar-refractivity contribution in [2.75, 3.05) is 22.8 Å². The van der Waals surface area contributed by atoms with E-state index in [1.165, 1.54) is 23.5 Å². The molecule has 1 aliphatic heterocycles. The lowest BCUT2D eigenvalue weighted by molar-refractivity contribution is -0.121. The van der Waals surface area contributed by atoms with Gasteiger partial charge >= 0.3 is 0 Å². The van der Waals surface area contributed by atoms with Crippen LogP contribution in [0.5, 0.6) is 5.75 Å². The van der Waals surface area contributed by atoms with Gasteiger partial charge < -0.3 is 9.64 Å². The second-order valence-electron chi connectivity index (χ2n) is 6.22. The average molecular weight is 470 g/mol. The van der Waals surface area contributed by atoms with Gasteiger partial charge in [0.15, 0.2) is 11.7 Å². The Labute approximate surface area is 181 Å². The number of carbonyl (C=O) groups excluding carboxylic acids is 1. The predicted molar refractivity (Wildman–Crippen MR) is 116 cm³/mol. The maximum absolute atomic E-state index is 12.4. The molecule has 0 radical (unpaired) electrons. The van der Waals surface area contributed by atoms with E-state index >= 15 is 0 Å². The molecule has 0 saturated carbocycles. The van der Waals surface area contributed by atoms with Gasteiger partial charge in [-0.2, -0.15) is 0 Å². The average Bonchev–Trinajstić information content (AvgIpc) is 3.33. The molecule has 7 nitrogen and oxygen atoms in total. The highest BCUT2D eigenvalue weighted by molar-refractivity contribution is 7.94. The van der Waals surface area contributed by atoms with Crippen molar-refractivity contribution in [3.05, 3.63) is 40.0 Å². The molecule has 1 N–H and O–H groups in total. The van der Waals surface area contributed by atoms with Crippen LogP contribution in [0.25, 0.3) is 11.3 Å². The van der Waals surface area contributed by atoms with Crippen LogP contribution < -0.4 is 14.4 Å². The minimum atomic E-state index is -3.74. The summed E-state index contributed by atoms with van der Waals surface area (Å²) in [7, 11) is -3.74. The summed E-state index contributed by atoms with van der Waals surface area (Å²) in [6.45, 7) is 2.64. The predicted octanol–water partition coefficient (Wildman–Crippen LogP) is 4.46. The van der Waals surface area contributed by atoms with E-state index in [1.54, 1.807) is 16.3 Å². The number of fused-ring (bicyclic) bond motifs is 1. The maximum atomic E-state index is 12.4. The molecular weight excluding hydrogens is 454 g/mol. The van der Waals surface area contributed by atoms with Gasteiger partial charge in [0.1, 0.15) is 9.96 Å². The molecule has 0 spiro atoms. The summed E-state index contributed by atoms with van der Waals surface area (Å²) < 4.78 is 33.4. The number of carbonyl (C=O) groups is 1. The van der Waals surface area contributed by atoms with E-state index in [0.717, 1.165) is 23.3 Å². The van der Waals surface area contributed by atoms with Gasteiger partial charge in [-0.25, -0.2) is 13.4 Å². The number of sulfonamides is 1. The van der Waals surface area contributed by atoms with Crippen LogP contribution in [0.2, 0.25) is 4.34 Å². The fourth-order valence-corrected chi connectivity index (χ4v) is 6.35. The molecule has 1 aliphatic rings. The van der Waals surface area contributed by atoms with Crippen molar-refractivity contribution in [1.82, 2.24) is 4.98 Å². The van der Waals surface area contributed by atoms with Crippen LogP contribution in [0.4, 0.5) is 10.8 Å². The quantitative estimate of drug-likeness (QED) is 0.575. The van der Waals surface area contributed by atoms with Gasteiger partial charge in [0.05, 0.1) is 15.7 Å². The summed E-state index contributed by atoms with van der Waals surface area (Å²) in [6.07, 6.45) is 0.824. The molecular formula is C18H16ClN3O4S3. The van der Waals surface area contributed by atoms with Crippen LogP contribution in [0.3, 0.4) is 0 Å². The Bertz CT molecular complexity index is 1170. The Morgan fingerprint density at radius 2 is 2.14 bits per heavy atom. The number of thiophene rings is 1. The summed E-state index contributed by atoms with van der Waals surface area (Å²) in [4.78, 5) is 18.3. The maximum Gasteiger partial charge on any atom is 0.273 e. The van der Waals surface area contributed by atoms with Crippen LogP contribution in [-0.4, -0.2) is 32.5 Å². The van der Waals surface area contributed by atoms with Gasteiger partial charge in [-0.15, -0.1) is 22.7 Å². The highest BCUT2D eigenvalue weighted by atomic mass is 35.5. The lowest BCUT2D eigenvalue weighted by Crippen LogP contribution is -2.39. The molecule has 1 amide bonds. The molecule has 4 rings (SSSR count). The Hall–Kier alpha value is -2.14. The number of hydrogen-bond acceptors (Lipinski definition) is 7. The molecule has 0 atom stereocenters. The zero-order valence-corrected chi connectivity index (χ0v) is 18.4. The third-order valence-corrected chi connectivity index (χ3v) is 8.13. The number of rotatable bonds is 6. The molecule has 1 aromatic carbocycles. The van der Waals surface area contributed by atoms with Crippen LogP contribution in [-0.2, 0) is 14.8 Å². The smallest absolute Gasteiger partial charge is 0.273 e. The van der Waals surface area contributed by atoms with Gasteiger partial charge in [-0.3, -0.25) is 9.52 Å². The fourth-order valence-electron chi connectivity index (χ4n) is 2.89. The first-order valence-electron chi connectivity index (χ1n) is 8.68. The van der Waals surface area contributed by atoms with Gasteiger partial charge in [0.2, 0.25) is 0 Å². The topological polar surface area (TPSA) is 88.6 Å². The van der Waals surface area contributed by atoms with Crippen molar-refractivity contribution < 1.29 is 17.9 Å². The van der Waals surface area contributed by atoms with Gasteiger partial charge in [0.25, 0.3) is 15.9 Å². The van der Waals surface area contributed by atoms with E-state index in [9.17, 15) is 13.2 Å². The van der Waals surface area contributed by atoms with Crippen LogP contribution in [0, 0.1) is 0 Å². The standard InChI is InChI=1S/C18H16ClN3O4S3/c1-2-7-22-13-8-11(3-4-14(13)26-9-16(22)23)12-10-27-18(20-12)21-29(24,25)17-6-5-15(19)28-17/h3-6,8,10H,2,7,9H2,1H3,(H,20,21). The van der Waals surface area contributed by atoms with Crippen molar-refractivity contribution >= 4 is 61.0 Å². The number of amides is 1. The van der Waals surface area contributed by atoms with Crippen LogP contribution >= 0.6 is 34.3 Å². The van der Waals surface area contributed by atoms with E-state index in [2.05, 4.69) is 9.71 Å². The van der Waals surface area contributed by atoms with Gasteiger partial charge in [-0.05, 0) is 36.8 Å². The Morgan fingerprint density at radius 1 is 1.31 bits per heavy atom. The third-order valence-electron chi connectivity index (χ3n) is 4.18. The minimum absolute atomic E-state index is 0.0295. The number of nitrogens with one attached hydrogen (secondary N) is 1. The number of hydrogen-bond donors (Lipinski definition) is 1. The normalized spacial score (nSPS) is 13.9. The third kappa shape index (κ3) is 4.11. The minimum Gasteiger partial charge on any atom is -0.482 e. The second-order valence-corrected chi connectivity index (χ2v) is 10.7. The Kier molecular flexibility index (Phi) is 5.52. The molecule has 0 aliphatic carbocycles. The molecule has 3 heterocycles. The fraction of sp³-hybridized carbons (Fsp3) is 0.222. The zero-order valence-electron chi connectivity index (χ0n) is 15.2. The highest BCUT2D eigenvalue weighted by Crippen LogP contribution is 2.37. The largest absolute Gasteiger partial charge is 0.482 e. The molecule has 0 saturated heterocycles. The molecule has 152 valence electrons. The zero-order chi connectivity index (χ0) is 20.6. The molecule has 3 aromatic rings. The highest BCUT2D eigenvalue weighted by Gasteiger charge is 2.25. The first kappa shape index (κ1) is 20.1. The van der Waals surface area contributed by atoms with Crippen molar-refractivity contribution in [3.8, 4) is 17.0 Å². The molecule has 29 heavy (non-hydrogen) atoms. The summed E-state index contributed by atoms with van der Waals surface area (Å²) in [5, 5.41) is 2.01. The Balaban J connectivity index is 1.61. The van der Waals surface area contributed by atoms with E-state index in [4.69, 9.17) is 16.3 Å². The van der Waals surface area contributed by atoms with Crippen molar-refractivity contribution in [3.63, 3.8) is 0 Å². The first-order chi connectivity index (χ1) is 13.9. The van der Waals surface area contributed by atoms with Crippen molar-refractivity contribution in [2.45, 2.75) is 17.6 Å². The van der Waals surface area contributed by atoms with Crippen molar-refractivity contribution in [1.29, 1.82) is 0 Å². The number of ether oxygens (including phenoxy) is 1. The molecule has 0 unspecified atom stereocenters. The number of aromatic nitrogens is 1.